The van der Waals surface area contributed by atoms with E-state index in [1.807, 2.05) is 6.07 Å². The minimum atomic E-state index is 0.223. The largest absolute Gasteiger partial charge is 0.379 e. The van der Waals surface area contributed by atoms with Gasteiger partial charge in [0.2, 0.25) is 5.91 Å². The SMILES string of the molecule is O=C(CCn1nnnc1CN1CCOCC1)N1CCCCC1CCc1ccccc1. The Bertz CT molecular complexity index is 790. The number of carbonyl (C=O) groups excluding carboxylic acids is 1. The van der Waals surface area contributed by atoms with Gasteiger partial charge in [0, 0.05) is 32.1 Å². The average Bonchev–Trinajstić information content (AvgIpc) is 3.24. The van der Waals surface area contributed by atoms with Crippen molar-refractivity contribution in [2.45, 2.75) is 57.7 Å². The highest BCUT2D eigenvalue weighted by Gasteiger charge is 2.26. The molecule has 4 rings (SSSR count). The van der Waals surface area contributed by atoms with E-state index in [4.69, 9.17) is 4.74 Å². The van der Waals surface area contributed by atoms with Gasteiger partial charge in [-0.3, -0.25) is 9.69 Å². The zero-order valence-corrected chi connectivity index (χ0v) is 17.7. The summed E-state index contributed by atoms with van der Waals surface area (Å²) in [5.41, 5.74) is 1.34. The Morgan fingerprint density at radius 2 is 1.93 bits per heavy atom. The minimum Gasteiger partial charge on any atom is -0.379 e. The lowest BCUT2D eigenvalue weighted by Crippen LogP contribution is -2.44. The summed E-state index contributed by atoms with van der Waals surface area (Å²) in [6.45, 7) is 5.39. The molecule has 30 heavy (non-hydrogen) atoms. The van der Waals surface area contributed by atoms with Crippen molar-refractivity contribution in [2.75, 3.05) is 32.8 Å². The summed E-state index contributed by atoms with van der Waals surface area (Å²) in [5, 5.41) is 12.1. The van der Waals surface area contributed by atoms with Crippen molar-refractivity contribution in [1.29, 1.82) is 0 Å². The van der Waals surface area contributed by atoms with Crippen molar-refractivity contribution >= 4 is 5.91 Å². The number of benzene rings is 1. The van der Waals surface area contributed by atoms with E-state index in [-0.39, 0.29) is 5.91 Å². The fourth-order valence-corrected chi connectivity index (χ4v) is 4.42. The van der Waals surface area contributed by atoms with Crippen LogP contribution in [-0.4, -0.2) is 74.8 Å². The highest BCUT2D eigenvalue weighted by atomic mass is 16.5. The molecule has 1 aromatic carbocycles. The third-order valence-corrected chi connectivity index (χ3v) is 6.17. The maximum absolute atomic E-state index is 13.0. The first-order valence-corrected chi connectivity index (χ1v) is 11.2. The number of rotatable bonds is 8. The number of hydrogen-bond acceptors (Lipinski definition) is 6. The van der Waals surface area contributed by atoms with E-state index in [0.29, 0.717) is 25.6 Å². The third-order valence-electron chi connectivity index (χ3n) is 6.17. The van der Waals surface area contributed by atoms with Crippen LogP contribution < -0.4 is 0 Å². The molecule has 2 fully saturated rings. The first-order valence-electron chi connectivity index (χ1n) is 11.2. The van der Waals surface area contributed by atoms with E-state index >= 15 is 0 Å². The third kappa shape index (κ3) is 5.64. The zero-order valence-electron chi connectivity index (χ0n) is 17.7. The summed E-state index contributed by atoms with van der Waals surface area (Å²) in [6, 6.07) is 10.9. The molecule has 3 heterocycles. The van der Waals surface area contributed by atoms with Crippen LogP contribution in [0.25, 0.3) is 0 Å². The number of likely N-dealkylation sites (tertiary alicyclic amines) is 1. The van der Waals surface area contributed by atoms with Crippen LogP contribution in [0, 0.1) is 0 Å². The van der Waals surface area contributed by atoms with E-state index in [0.717, 1.165) is 64.4 Å². The molecule has 2 saturated heterocycles. The van der Waals surface area contributed by atoms with Gasteiger partial charge in [0.25, 0.3) is 0 Å². The molecule has 0 bridgehead atoms. The van der Waals surface area contributed by atoms with Gasteiger partial charge < -0.3 is 9.64 Å². The van der Waals surface area contributed by atoms with Crippen LogP contribution in [0.4, 0.5) is 0 Å². The molecular formula is C22H32N6O2. The minimum absolute atomic E-state index is 0.223. The number of amides is 1. The number of aromatic nitrogens is 4. The van der Waals surface area contributed by atoms with Crippen LogP contribution in [0.15, 0.2) is 30.3 Å². The molecule has 2 aliphatic rings. The number of morpholine rings is 1. The fourth-order valence-electron chi connectivity index (χ4n) is 4.42. The molecule has 0 saturated carbocycles. The summed E-state index contributed by atoms with van der Waals surface area (Å²) >= 11 is 0. The predicted molar refractivity (Wildman–Crippen MR) is 113 cm³/mol. The lowest BCUT2D eigenvalue weighted by molar-refractivity contribution is -0.135. The van der Waals surface area contributed by atoms with E-state index in [1.54, 1.807) is 4.68 Å². The standard InChI is InChI=1S/C22H32N6O2/c29-22(11-13-28-21(23-24-25-28)18-26-14-16-30-17-15-26)27-12-5-4-8-20(27)10-9-19-6-2-1-3-7-19/h1-3,6-7,20H,4-5,8-18H2. The van der Waals surface area contributed by atoms with Crippen LogP contribution in [0.2, 0.25) is 0 Å². The summed E-state index contributed by atoms with van der Waals surface area (Å²) in [5.74, 6) is 1.05. The molecule has 8 heteroatoms. The van der Waals surface area contributed by atoms with Gasteiger partial charge in [-0.25, -0.2) is 4.68 Å². The van der Waals surface area contributed by atoms with Crippen LogP contribution in [-0.2, 0) is 29.0 Å². The zero-order chi connectivity index (χ0) is 20.6. The molecule has 2 aromatic rings. The van der Waals surface area contributed by atoms with Gasteiger partial charge in [-0.1, -0.05) is 30.3 Å². The first kappa shape index (κ1) is 20.9. The van der Waals surface area contributed by atoms with E-state index < -0.39 is 0 Å². The number of ether oxygens (including phenoxy) is 1. The Morgan fingerprint density at radius 3 is 2.77 bits per heavy atom. The van der Waals surface area contributed by atoms with Crippen molar-refractivity contribution in [2.24, 2.45) is 0 Å². The van der Waals surface area contributed by atoms with Gasteiger partial charge in [-0.05, 0) is 48.1 Å². The molecule has 1 aromatic heterocycles. The van der Waals surface area contributed by atoms with Gasteiger partial charge in [-0.15, -0.1) is 5.10 Å². The Labute approximate surface area is 178 Å². The molecule has 2 aliphatic heterocycles. The van der Waals surface area contributed by atoms with Gasteiger partial charge in [0.1, 0.15) is 0 Å². The molecule has 0 radical (unpaired) electrons. The molecule has 0 aliphatic carbocycles. The predicted octanol–water partition coefficient (Wildman–Crippen LogP) is 1.91. The summed E-state index contributed by atoms with van der Waals surface area (Å²) in [4.78, 5) is 17.4. The monoisotopic (exact) mass is 412 g/mol. The van der Waals surface area contributed by atoms with Crippen molar-refractivity contribution in [3.05, 3.63) is 41.7 Å². The smallest absolute Gasteiger partial charge is 0.224 e. The Kier molecular flexibility index (Phi) is 7.42. The number of hydrogen-bond donors (Lipinski definition) is 0. The highest BCUT2D eigenvalue weighted by Crippen LogP contribution is 2.22. The normalized spacial score (nSPS) is 20.4. The van der Waals surface area contributed by atoms with Crippen LogP contribution in [0.3, 0.4) is 0 Å². The number of nitrogens with zero attached hydrogens (tertiary/aromatic N) is 6. The summed E-state index contributed by atoms with van der Waals surface area (Å²) in [6.07, 6.45) is 5.91. The molecule has 8 nitrogen and oxygen atoms in total. The quantitative estimate of drug-likeness (QED) is 0.659. The second-order valence-corrected chi connectivity index (χ2v) is 8.22. The Balaban J connectivity index is 1.29. The lowest BCUT2D eigenvalue weighted by Gasteiger charge is -2.36. The summed E-state index contributed by atoms with van der Waals surface area (Å²) < 4.78 is 7.19. The lowest BCUT2D eigenvalue weighted by atomic mass is 9.95. The maximum Gasteiger partial charge on any atom is 0.224 e. The molecule has 0 N–H and O–H groups in total. The number of piperidine rings is 1. The second kappa shape index (κ2) is 10.6. The molecule has 162 valence electrons. The Hall–Kier alpha value is -2.32. The first-order chi connectivity index (χ1) is 14.8. The topological polar surface area (TPSA) is 76.4 Å². The summed E-state index contributed by atoms with van der Waals surface area (Å²) in [7, 11) is 0. The molecular weight excluding hydrogens is 380 g/mol. The second-order valence-electron chi connectivity index (χ2n) is 8.22. The van der Waals surface area contributed by atoms with Crippen molar-refractivity contribution < 1.29 is 9.53 Å². The van der Waals surface area contributed by atoms with Gasteiger partial charge in [-0.2, -0.15) is 0 Å². The van der Waals surface area contributed by atoms with Gasteiger partial charge in [0.15, 0.2) is 5.82 Å². The number of aryl methyl sites for hydroxylation is 2. The van der Waals surface area contributed by atoms with Gasteiger partial charge >= 0.3 is 0 Å². The molecule has 1 amide bonds. The van der Waals surface area contributed by atoms with Crippen LogP contribution in [0.1, 0.15) is 43.5 Å². The van der Waals surface area contributed by atoms with Gasteiger partial charge in [0.05, 0.1) is 26.3 Å². The number of carbonyl (C=O) groups is 1. The van der Waals surface area contributed by atoms with Crippen LogP contribution in [0.5, 0.6) is 0 Å². The highest BCUT2D eigenvalue weighted by molar-refractivity contribution is 5.76. The molecule has 0 spiro atoms. The average molecular weight is 413 g/mol. The van der Waals surface area contributed by atoms with Crippen molar-refractivity contribution in [3.8, 4) is 0 Å². The van der Waals surface area contributed by atoms with E-state index in [2.05, 4.69) is 49.6 Å². The van der Waals surface area contributed by atoms with Crippen LogP contribution >= 0.6 is 0 Å². The van der Waals surface area contributed by atoms with E-state index in [9.17, 15) is 4.79 Å². The maximum atomic E-state index is 13.0. The molecule has 1 atom stereocenters. The Morgan fingerprint density at radius 1 is 1.10 bits per heavy atom. The fraction of sp³-hybridized carbons (Fsp3) is 0.636. The van der Waals surface area contributed by atoms with Crippen molar-refractivity contribution in [3.63, 3.8) is 0 Å². The van der Waals surface area contributed by atoms with Crippen molar-refractivity contribution in [1.82, 2.24) is 30.0 Å². The van der Waals surface area contributed by atoms with E-state index in [1.165, 1.54) is 12.0 Å². The molecule has 1 unspecified atom stereocenters. The number of tetrazole rings is 1.